The number of hydrogen-bond acceptors (Lipinski definition) is 7. The number of piperidine rings is 1. The fourth-order valence-corrected chi connectivity index (χ4v) is 4.55. The summed E-state index contributed by atoms with van der Waals surface area (Å²) in [6.07, 6.45) is 10.9. The van der Waals surface area contributed by atoms with Gasteiger partial charge in [0.25, 0.3) is 0 Å². The number of fused-ring (bicyclic) bond motifs is 1. The van der Waals surface area contributed by atoms with Crippen LogP contribution in [0.25, 0.3) is 22.0 Å². The number of rotatable bonds is 6. The van der Waals surface area contributed by atoms with Gasteiger partial charge in [-0.05, 0) is 69.7 Å². The predicted molar refractivity (Wildman–Crippen MR) is 144 cm³/mol. The first kappa shape index (κ1) is 23.9. The number of Topliss-reactive ketones (excluding diaryl/α,β-unsaturated/α-hetero) is 1. The van der Waals surface area contributed by atoms with Gasteiger partial charge in [0.05, 0.1) is 24.5 Å². The van der Waals surface area contributed by atoms with Gasteiger partial charge >= 0.3 is 0 Å². The highest BCUT2D eigenvalue weighted by Crippen LogP contribution is 2.25. The Hall–Kier alpha value is -3.87. The van der Waals surface area contributed by atoms with Gasteiger partial charge in [-0.2, -0.15) is 0 Å². The van der Waals surface area contributed by atoms with E-state index in [1.165, 1.54) is 19.3 Å². The van der Waals surface area contributed by atoms with E-state index >= 15 is 0 Å². The molecule has 4 heterocycles. The second-order valence-electron chi connectivity index (χ2n) is 10.5. The van der Waals surface area contributed by atoms with E-state index in [9.17, 15) is 4.79 Å². The summed E-state index contributed by atoms with van der Waals surface area (Å²) in [5.74, 6) is 1.67. The molecule has 3 aromatic heterocycles. The molecule has 0 aliphatic carbocycles. The van der Waals surface area contributed by atoms with Gasteiger partial charge in [0, 0.05) is 53.2 Å². The molecule has 0 atom stereocenters. The van der Waals surface area contributed by atoms with E-state index in [1.54, 1.807) is 24.7 Å². The standard InChI is InChI=1S/C29H32N6O/c1-29(2,3)34-27-19-30-18-25(33-27)20-7-8-22-17-32-24(14-23(22)13-20)16-26(36)21-9-10-31-28(15-21)35-11-5-4-6-12-35/h7-10,13-15,17-19H,4-6,11-12,16H2,1-3H3,(H,33,34). The average molecular weight is 481 g/mol. The first-order chi connectivity index (χ1) is 17.3. The first-order valence-corrected chi connectivity index (χ1v) is 12.6. The number of aromatic nitrogens is 4. The lowest BCUT2D eigenvalue weighted by Gasteiger charge is -2.27. The van der Waals surface area contributed by atoms with Crippen molar-refractivity contribution in [1.29, 1.82) is 0 Å². The Labute approximate surface area is 212 Å². The van der Waals surface area contributed by atoms with Gasteiger partial charge in [-0.3, -0.25) is 14.8 Å². The Kier molecular flexibility index (Phi) is 6.63. The summed E-state index contributed by atoms with van der Waals surface area (Å²) in [5.41, 5.74) is 3.08. The molecule has 0 bridgehead atoms. The molecule has 7 heteroatoms. The zero-order valence-electron chi connectivity index (χ0n) is 21.2. The van der Waals surface area contributed by atoms with Crippen molar-refractivity contribution < 1.29 is 4.79 Å². The van der Waals surface area contributed by atoms with E-state index in [0.717, 1.165) is 52.4 Å². The largest absolute Gasteiger partial charge is 0.364 e. The van der Waals surface area contributed by atoms with Crippen molar-refractivity contribution in [1.82, 2.24) is 19.9 Å². The molecule has 1 saturated heterocycles. The molecular weight excluding hydrogens is 448 g/mol. The molecule has 1 aliphatic heterocycles. The monoisotopic (exact) mass is 480 g/mol. The molecule has 1 N–H and O–H groups in total. The number of ketones is 1. The number of pyridine rings is 2. The van der Waals surface area contributed by atoms with Crippen molar-refractivity contribution in [2.75, 3.05) is 23.3 Å². The second-order valence-corrected chi connectivity index (χ2v) is 10.5. The Morgan fingerprint density at radius 3 is 2.58 bits per heavy atom. The topological polar surface area (TPSA) is 83.9 Å². The summed E-state index contributed by atoms with van der Waals surface area (Å²) in [7, 11) is 0. The molecule has 0 spiro atoms. The Bertz CT molecular complexity index is 1390. The number of nitrogens with zero attached hydrogens (tertiary/aromatic N) is 5. The normalized spacial score (nSPS) is 14.1. The van der Waals surface area contributed by atoms with Crippen molar-refractivity contribution in [2.24, 2.45) is 0 Å². The molecule has 1 aromatic carbocycles. The van der Waals surface area contributed by atoms with Crippen LogP contribution in [0.5, 0.6) is 0 Å². The molecule has 5 rings (SSSR count). The summed E-state index contributed by atoms with van der Waals surface area (Å²) in [6.45, 7) is 8.27. The molecule has 0 amide bonds. The zero-order chi connectivity index (χ0) is 25.1. The van der Waals surface area contributed by atoms with Crippen molar-refractivity contribution >= 4 is 28.2 Å². The fourth-order valence-electron chi connectivity index (χ4n) is 4.55. The van der Waals surface area contributed by atoms with Crippen LogP contribution in [0.1, 0.15) is 56.1 Å². The lowest BCUT2D eigenvalue weighted by atomic mass is 10.0. The zero-order valence-corrected chi connectivity index (χ0v) is 21.2. The molecular formula is C29H32N6O. The van der Waals surface area contributed by atoms with Gasteiger partial charge in [-0.25, -0.2) is 9.97 Å². The number of hydrogen-bond donors (Lipinski definition) is 1. The van der Waals surface area contributed by atoms with Crippen molar-refractivity contribution in [3.63, 3.8) is 0 Å². The Morgan fingerprint density at radius 2 is 1.78 bits per heavy atom. The molecule has 0 saturated carbocycles. The van der Waals surface area contributed by atoms with Crippen LogP contribution in [0.3, 0.4) is 0 Å². The van der Waals surface area contributed by atoms with Crippen LogP contribution in [0.4, 0.5) is 11.6 Å². The highest BCUT2D eigenvalue weighted by molar-refractivity contribution is 5.98. The Balaban J connectivity index is 1.36. The minimum Gasteiger partial charge on any atom is -0.364 e. The van der Waals surface area contributed by atoms with Crippen LogP contribution >= 0.6 is 0 Å². The SMILES string of the molecule is CC(C)(C)Nc1cncc(-c2ccc3cnc(CC(=O)c4ccnc(N5CCCCC5)c4)cc3c2)n1. The minimum absolute atomic E-state index is 0.0467. The molecule has 4 aromatic rings. The highest BCUT2D eigenvalue weighted by atomic mass is 16.1. The maximum atomic E-state index is 13.1. The summed E-state index contributed by atoms with van der Waals surface area (Å²) in [6, 6.07) is 11.8. The fraction of sp³-hybridized carbons (Fsp3) is 0.345. The van der Waals surface area contributed by atoms with E-state index in [2.05, 4.69) is 52.0 Å². The smallest absolute Gasteiger partial charge is 0.169 e. The van der Waals surface area contributed by atoms with Gasteiger partial charge in [0.15, 0.2) is 5.78 Å². The van der Waals surface area contributed by atoms with Gasteiger partial charge in [0.1, 0.15) is 11.6 Å². The molecule has 184 valence electrons. The first-order valence-electron chi connectivity index (χ1n) is 12.6. The van der Waals surface area contributed by atoms with Crippen LogP contribution < -0.4 is 10.2 Å². The van der Waals surface area contributed by atoms with Crippen molar-refractivity contribution in [3.05, 3.63) is 72.4 Å². The summed E-state index contributed by atoms with van der Waals surface area (Å²) >= 11 is 0. The lowest BCUT2D eigenvalue weighted by Crippen LogP contribution is -2.30. The van der Waals surface area contributed by atoms with Gasteiger partial charge in [-0.1, -0.05) is 12.1 Å². The number of carbonyl (C=O) groups is 1. The van der Waals surface area contributed by atoms with E-state index in [0.29, 0.717) is 5.56 Å². The third-order valence-corrected chi connectivity index (χ3v) is 6.30. The lowest BCUT2D eigenvalue weighted by molar-refractivity contribution is 0.0992. The summed E-state index contributed by atoms with van der Waals surface area (Å²) < 4.78 is 0. The number of anilines is 2. The van der Waals surface area contributed by atoms with Gasteiger partial charge in [0.2, 0.25) is 0 Å². The van der Waals surface area contributed by atoms with Crippen LogP contribution in [0, 0.1) is 0 Å². The van der Waals surface area contributed by atoms with Gasteiger partial charge in [-0.15, -0.1) is 0 Å². The third-order valence-electron chi connectivity index (χ3n) is 6.30. The van der Waals surface area contributed by atoms with Crippen LogP contribution in [0.15, 0.2) is 61.2 Å². The maximum Gasteiger partial charge on any atom is 0.169 e. The predicted octanol–water partition coefficient (Wildman–Crippen LogP) is 5.71. The third kappa shape index (κ3) is 5.67. The van der Waals surface area contributed by atoms with E-state index in [1.807, 2.05) is 30.5 Å². The van der Waals surface area contributed by atoms with E-state index in [-0.39, 0.29) is 17.7 Å². The molecule has 1 fully saturated rings. The van der Waals surface area contributed by atoms with E-state index in [4.69, 9.17) is 4.98 Å². The van der Waals surface area contributed by atoms with Crippen molar-refractivity contribution in [3.8, 4) is 11.3 Å². The van der Waals surface area contributed by atoms with Crippen LogP contribution in [-0.2, 0) is 6.42 Å². The summed E-state index contributed by atoms with van der Waals surface area (Å²) in [5, 5.41) is 5.41. The van der Waals surface area contributed by atoms with Crippen LogP contribution in [0.2, 0.25) is 0 Å². The Morgan fingerprint density at radius 1 is 0.944 bits per heavy atom. The minimum atomic E-state index is -0.104. The molecule has 1 aliphatic rings. The highest BCUT2D eigenvalue weighted by Gasteiger charge is 2.16. The number of benzene rings is 1. The molecule has 0 unspecified atom stereocenters. The molecule has 36 heavy (non-hydrogen) atoms. The average Bonchev–Trinajstić information content (AvgIpc) is 2.88. The quantitative estimate of drug-likeness (QED) is 0.354. The van der Waals surface area contributed by atoms with Crippen LogP contribution in [-0.4, -0.2) is 44.3 Å². The molecule has 7 nitrogen and oxygen atoms in total. The second kappa shape index (κ2) is 10.0. The molecule has 0 radical (unpaired) electrons. The number of carbonyl (C=O) groups excluding carboxylic acids is 1. The summed E-state index contributed by atoms with van der Waals surface area (Å²) in [4.78, 5) is 33.5. The maximum absolute atomic E-state index is 13.1. The van der Waals surface area contributed by atoms with Crippen molar-refractivity contribution in [2.45, 2.75) is 52.0 Å². The number of nitrogens with one attached hydrogen (secondary N) is 1. The van der Waals surface area contributed by atoms with Gasteiger partial charge < -0.3 is 10.2 Å². The van der Waals surface area contributed by atoms with E-state index < -0.39 is 0 Å².